The van der Waals surface area contributed by atoms with E-state index in [0.717, 1.165) is 16.3 Å². The van der Waals surface area contributed by atoms with Crippen molar-refractivity contribution >= 4 is 52.5 Å². The van der Waals surface area contributed by atoms with E-state index in [-0.39, 0.29) is 10.6 Å². The van der Waals surface area contributed by atoms with Gasteiger partial charge in [0.1, 0.15) is 0 Å². The van der Waals surface area contributed by atoms with Crippen molar-refractivity contribution in [2.45, 2.75) is 19.6 Å². The number of thioether (sulfide) groups is 1. The van der Waals surface area contributed by atoms with Crippen LogP contribution in [-0.2, 0) is 0 Å². The normalized spacial score (nSPS) is 12.4. The number of nitrogens with zero attached hydrogens (tertiary/aromatic N) is 2. The van der Waals surface area contributed by atoms with E-state index >= 15 is 0 Å². The zero-order valence-electron chi connectivity index (χ0n) is 13.8. The standard InChI is InChI=1S/C19H14N2O2S3/c1-24-15-10-11-19-17(12-15)20(16-4-2-3-5-18(16)25-19)26-14-8-6-13(7-9-14)21(22)23/h2-12H,1H3. The lowest BCUT2D eigenvalue weighted by Gasteiger charge is -2.31. The third kappa shape index (κ3) is 3.30. The summed E-state index contributed by atoms with van der Waals surface area (Å²) in [7, 11) is 0. The highest BCUT2D eigenvalue weighted by atomic mass is 32.2. The number of rotatable bonds is 4. The van der Waals surface area contributed by atoms with Crippen molar-refractivity contribution in [2.24, 2.45) is 0 Å². The first-order chi connectivity index (χ1) is 12.7. The number of nitro benzene ring substituents is 1. The van der Waals surface area contributed by atoms with Gasteiger partial charge in [-0.05, 0) is 60.7 Å². The van der Waals surface area contributed by atoms with Crippen LogP contribution in [-0.4, -0.2) is 11.2 Å². The molecule has 0 saturated carbocycles. The van der Waals surface area contributed by atoms with Crippen LogP contribution in [0.2, 0.25) is 0 Å². The molecule has 3 aromatic carbocycles. The number of fused-ring (bicyclic) bond motifs is 2. The second kappa shape index (κ2) is 7.26. The molecule has 3 aromatic rings. The van der Waals surface area contributed by atoms with E-state index in [1.54, 1.807) is 59.7 Å². The predicted octanol–water partition coefficient (Wildman–Crippen LogP) is 6.63. The van der Waals surface area contributed by atoms with Crippen LogP contribution in [0.4, 0.5) is 17.1 Å². The van der Waals surface area contributed by atoms with Crippen LogP contribution in [0.15, 0.2) is 86.3 Å². The number of para-hydroxylation sites is 1. The third-order valence-electron chi connectivity index (χ3n) is 3.93. The minimum Gasteiger partial charge on any atom is -0.278 e. The lowest BCUT2D eigenvalue weighted by molar-refractivity contribution is -0.384. The van der Waals surface area contributed by atoms with Gasteiger partial charge in [0, 0.05) is 31.7 Å². The molecule has 1 aliphatic rings. The number of nitro groups is 1. The fourth-order valence-corrected chi connectivity index (χ4v) is 5.22. The number of benzene rings is 3. The van der Waals surface area contributed by atoms with Gasteiger partial charge in [-0.1, -0.05) is 23.9 Å². The molecule has 0 bridgehead atoms. The van der Waals surface area contributed by atoms with Gasteiger partial charge in [-0.2, -0.15) is 0 Å². The Morgan fingerprint density at radius 3 is 2.35 bits per heavy atom. The number of hydrogen-bond donors (Lipinski definition) is 0. The lowest BCUT2D eigenvalue weighted by Crippen LogP contribution is -2.12. The van der Waals surface area contributed by atoms with Crippen LogP contribution in [0.3, 0.4) is 0 Å². The minimum atomic E-state index is -0.374. The van der Waals surface area contributed by atoms with E-state index in [4.69, 9.17) is 0 Å². The van der Waals surface area contributed by atoms with Crippen molar-refractivity contribution in [1.29, 1.82) is 0 Å². The van der Waals surface area contributed by atoms with Crippen LogP contribution < -0.4 is 4.31 Å². The Bertz CT molecular complexity index is 977. The maximum absolute atomic E-state index is 10.9. The second-order valence-corrected chi connectivity index (χ2v) is 8.52. The Kier molecular flexibility index (Phi) is 4.84. The molecular weight excluding hydrogens is 384 g/mol. The van der Waals surface area contributed by atoms with Crippen molar-refractivity contribution in [1.82, 2.24) is 0 Å². The summed E-state index contributed by atoms with van der Waals surface area (Å²) < 4.78 is 2.21. The van der Waals surface area contributed by atoms with Gasteiger partial charge < -0.3 is 0 Å². The van der Waals surface area contributed by atoms with Gasteiger partial charge in [-0.25, -0.2) is 0 Å². The minimum absolute atomic E-state index is 0.106. The highest BCUT2D eigenvalue weighted by molar-refractivity contribution is 8.02. The smallest absolute Gasteiger partial charge is 0.269 e. The van der Waals surface area contributed by atoms with E-state index in [1.165, 1.54) is 14.7 Å². The zero-order chi connectivity index (χ0) is 18.1. The van der Waals surface area contributed by atoms with Gasteiger partial charge in [0.05, 0.1) is 16.3 Å². The molecule has 0 aromatic heterocycles. The number of non-ortho nitro benzene ring substituents is 1. The summed E-state index contributed by atoms with van der Waals surface area (Å²) in [5.74, 6) is 0. The molecule has 0 saturated heterocycles. The summed E-state index contributed by atoms with van der Waals surface area (Å²) in [6.07, 6.45) is 2.07. The fourth-order valence-electron chi connectivity index (χ4n) is 2.66. The fraction of sp³-hybridized carbons (Fsp3) is 0.0526. The number of hydrogen-bond acceptors (Lipinski definition) is 6. The molecule has 0 spiro atoms. The molecule has 0 aliphatic carbocycles. The first kappa shape index (κ1) is 17.3. The molecule has 0 amide bonds. The number of anilines is 2. The molecule has 1 heterocycles. The van der Waals surface area contributed by atoms with Crippen molar-refractivity contribution in [2.75, 3.05) is 10.6 Å². The largest absolute Gasteiger partial charge is 0.278 e. The predicted molar refractivity (Wildman–Crippen MR) is 110 cm³/mol. The van der Waals surface area contributed by atoms with E-state index in [9.17, 15) is 10.1 Å². The quantitative estimate of drug-likeness (QED) is 0.213. The van der Waals surface area contributed by atoms with Crippen molar-refractivity contribution in [3.63, 3.8) is 0 Å². The SMILES string of the molecule is CSc1ccc2c(c1)N(Sc1ccc([N+](=O)[O-])cc1)c1ccccc1S2. The van der Waals surface area contributed by atoms with Crippen LogP contribution >= 0.6 is 35.5 Å². The Morgan fingerprint density at radius 2 is 1.62 bits per heavy atom. The topological polar surface area (TPSA) is 46.4 Å². The molecule has 4 rings (SSSR count). The van der Waals surface area contributed by atoms with E-state index < -0.39 is 0 Å². The molecule has 1 aliphatic heterocycles. The lowest BCUT2D eigenvalue weighted by atomic mass is 10.2. The van der Waals surface area contributed by atoms with Gasteiger partial charge >= 0.3 is 0 Å². The summed E-state index contributed by atoms with van der Waals surface area (Å²) in [4.78, 5) is 15.1. The molecule has 0 radical (unpaired) electrons. The summed E-state index contributed by atoms with van der Waals surface area (Å²) >= 11 is 5.06. The van der Waals surface area contributed by atoms with Crippen LogP contribution in [0.25, 0.3) is 0 Å². The van der Waals surface area contributed by atoms with E-state index in [2.05, 4.69) is 40.9 Å². The maximum atomic E-state index is 10.9. The maximum Gasteiger partial charge on any atom is 0.269 e. The van der Waals surface area contributed by atoms with Crippen LogP contribution in [0, 0.1) is 10.1 Å². The molecule has 130 valence electrons. The molecule has 0 unspecified atom stereocenters. The first-order valence-corrected chi connectivity index (χ1v) is 10.6. The Hall–Kier alpha value is -2.09. The molecule has 26 heavy (non-hydrogen) atoms. The Morgan fingerprint density at radius 1 is 0.923 bits per heavy atom. The van der Waals surface area contributed by atoms with Gasteiger partial charge in [-0.3, -0.25) is 14.4 Å². The van der Waals surface area contributed by atoms with Gasteiger partial charge in [-0.15, -0.1) is 11.8 Å². The first-order valence-electron chi connectivity index (χ1n) is 7.83. The van der Waals surface area contributed by atoms with Gasteiger partial charge in [0.2, 0.25) is 0 Å². The molecule has 0 fully saturated rings. The molecule has 4 nitrogen and oxygen atoms in total. The molecule has 7 heteroatoms. The van der Waals surface area contributed by atoms with Crippen LogP contribution in [0.1, 0.15) is 0 Å². The van der Waals surface area contributed by atoms with Gasteiger partial charge in [0.15, 0.2) is 0 Å². The van der Waals surface area contributed by atoms with Crippen molar-refractivity contribution in [3.8, 4) is 0 Å². The monoisotopic (exact) mass is 398 g/mol. The summed E-state index contributed by atoms with van der Waals surface area (Å²) in [6, 6.07) is 21.5. The van der Waals surface area contributed by atoms with Crippen molar-refractivity contribution in [3.05, 3.63) is 76.8 Å². The average molecular weight is 399 g/mol. The van der Waals surface area contributed by atoms with E-state index in [0.29, 0.717) is 0 Å². The average Bonchev–Trinajstić information content (AvgIpc) is 2.68. The summed E-state index contributed by atoms with van der Waals surface area (Å²) in [5, 5.41) is 10.9. The highest BCUT2D eigenvalue weighted by Crippen LogP contribution is 2.52. The third-order valence-corrected chi connectivity index (χ3v) is 6.85. The Balaban J connectivity index is 1.75. The molecule has 0 N–H and O–H groups in total. The van der Waals surface area contributed by atoms with Gasteiger partial charge in [0.25, 0.3) is 5.69 Å². The highest BCUT2D eigenvalue weighted by Gasteiger charge is 2.24. The summed E-state index contributed by atoms with van der Waals surface area (Å²) in [5.41, 5.74) is 2.38. The second-order valence-electron chi connectivity index (χ2n) is 5.54. The summed E-state index contributed by atoms with van der Waals surface area (Å²) in [6.45, 7) is 0. The van der Waals surface area contributed by atoms with E-state index in [1.807, 2.05) is 12.1 Å². The Labute approximate surface area is 164 Å². The van der Waals surface area contributed by atoms with Crippen molar-refractivity contribution < 1.29 is 4.92 Å². The molecule has 0 atom stereocenters. The van der Waals surface area contributed by atoms with Crippen LogP contribution in [0.5, 0.6) is 0 Å². The zero-order valence-corrected chi connectivity index (χ0v) is 16.2. The molecular formula is C19H14N2O2S3.